The Hall–Kier alpha value is -3.55. The molecule has 0 spiro atoms. The fourth-order valence-corrected chi connectivity index (χ4v) is 2.24. The molecule has 8 nitrogen and oxygen atoms in total. The van der Waals surface area contributed by atoms with Crippen LogP contribution in [0.15, 0.2) is 53.6 Å². The first-order valence-corrected chi connectivity index (χ1v) is 8.53. The van der Waals surface area contributed by atoms with E-state index in [1.807, 2.05) is 6.07 Å². The fourth-order valence-electron chi connectivity index (χ4n) is 2.24. The molecule has 2 aromatic carbocycles. The van der Waals surface area contributed by atoms with Crippen LogP contribution in [-0.2, 0) is 9.59 Å². The number of hydrazone groups is 1. The number of nitrogens with zero attached hydrogens (tertiary/aromatic N) is 1. The van der Waals surface area contributed by atoms with Crippen molar-refractivity contribution in [3.05, 3.63) is 54.1 Å². The Morgan fingerprint density at radius 2 is 1.71 bits per heavy atom. The van der Waals surface area contributed by atoms with Crippen LogP contribution in [0.25, 0.3) is 0 Å². The molecule has 2 aromatic rings. The minimum Gasteiger partial charge on any atom is -0.497 e. The Balaban J connectivity index is 1.81. The van der Waals surface area contributed by atoms with Gasteiger partial charge in [0.1, 0.15) is 17.2 Å². The quantitative estimate of drug-likeness (QED) is 0.506. The summed E-state index contributed by atoms with van der Waals surface area (Å²) >= 11 is 0. The van der Waals surface area contributed by atoms with Crippen LogP contribution >= 0.6 is 0 Å². The zero-order valence-electron chi connectivity index (χ0n) is 16.0. The first kappa shape index (κ1) is 20.8. The highest BCUT2D eigenvalue weighted by atomic mass is 16.5. The Kier molecular flexibility index (Phi) is 7.83. The number of carbonyl (C=O) groups is 2. The molecular weight excluding hydrogens is 362 g/mol. The number of carbonyl (C=O) groups excluding carboxylic acids is 2. The molecule has 0 saturated carbocycles. The molecule has 2 rings (SSSR count). The van der Waals surface area contributed by atoms with Crippen LogP contribution in [0.2, 0.25) is 0 Å². The molecule has 28 heavy (non-hydrogen) atoms. The maximum Gasteiger partial charge on any atom is 0.259 e. The maximum absolute atomic E-state index is 11.9. The summed E-state index contributed by atoms with van der Waals surface area (Å²) in [6.07, 6.45) is 0. The van der Waals surface area contributed by atoms with Gasteiger partial charge in [0.25, 0.3) is 11.8 Å². The number of hydrogen-bond donors (Lipinski definition) is 2. The van der Waals surface area contributed by atoms with E-state index in [0.717, 1.165) is 0 Å². The van der Waals surface area contributed by atoms with Crippen molar-refractivity contribution in [1.82, 2.24) is 10.7 Å². The lowest BCUT2D eigenvalue weighted by atomic mass is 10.1. The number of rotatable bonds is 9. The number of methoxy groups -OCH3 is 2. The molecular formula is C20H23N3O5. The van der Waals surface area contributed by atoms with Crippen molar-refractivity contribution in [2.45, 2.75) is 6.92 Å². The van der Waals surface area contributed by atoms with E-state index in [2.05, 4.69) is 15.8 Å². The van der Waals surface area contributed by atoms with E-state index in [9.17, 15) is 9.59 Å². The molecule has 0 saturated heterocycles. The monoisotopic (exact) mass is 385 g/mol. The normalized spacial score (nSPS) is 10.8. The van der Waals surface area contributed by atoms with E-state index in [-0.39, 0.29) is 13.2 Å². The highest BCUT2D eigenvalue weighted by molar-refractivity contribution is 6.01. The second-order valence-electron chi connectivity index (χ2n) is 5.68. The van der Waals surface area contributed by atoms with Crippen LogP contribution in [0.3, 0.4) is 0 Å². The maximum atomic E-state index is 11.9. The van der Waals surface area contributed by atoms with Crippen LogP contribution in [0.1, 0.15) is 12.5 Å². The Labute approximate surface area is 163 Å². The molecule has 0 radical (unpaired) electrons. The highest BCUT2D eigenvalue weighted by Crippen LogP contribution is 2.24. The SMILES string of the molecule is COc1ccc(/C(C)=N/NC(=O)CNC(=O)COc2ccccc2)c(OC)c1. The van der Waals surface area contributed by atoms with Gasteiger partial charge < -0.3 is 19.5 Å². The third-order valence-electron chi connectivity index (χ3n) is 3.71. The molecule has 2 N–H and O–H groups in total. The van der Waals surface area contributed by atoms with Gasteiger partial charge in [0, 0.05) is 11.6 Å². The van der Waals surface area contributed by atoms with E-state index in [4.69, 9.17) is 14.2 Å². The Morgan fingerprint density at radius 3 is 2.39 bits per heavy atom. The van der Waals surface area contributed by atoms with E-state index in [0.29, 0.717) is 28.5 Å². The molecule has 0 aromatic heterocycles. The number of benzene rings is 2. The topological polar surface area (TPSA) is 98.2 Å². The second kappa shape index (κ2) is 10.6. The molecule has 148 valence electrons. The zero-order valence-corrected chi connectivity index (χ0v) is 16.0. The van der Waals surface area contributed by atoms with Gasteiger partial charge in [0.05, 0.1) is 26.5 Å². The summed E-state index contributed by atoms with van der Waals surface area (Å²) in [6, 6.07) is 14.2. The second-order valence-corrected chi connectivity index (χ2v) is 5.68. The molecule has 0 bridgehead atoms. The van der Waals surface area contributed by atoms with Crippen LogP contribution in [0, 0.1) is 0 Å². The minimum atomic E-state index is -0.458. The lowest BCUT2D eigenvalue weighted by Crippen LogP contribution is -2.37. The molecule has 8 heteroatoms. The third-order valence-corrected chi connectivity index (χ3v) is 3.71. The van der Waals surface area contributed by atoms with Gasteiger partial charge in [-0.05, 0) is 31.2 Å². The van der Waals surface area contributed by atoms with Gasteiger partial charge >= 0.3 is 0 Å². The summed E-state index contributed by atoms with van der Waals surface area (Å²) < 4.78 is 15.8. The Bertz CT molecular complexity index is 837. The first-order chi connectivity index (χ1) is 13.5. The standard InChI is InChI=1S/C20H23N3O5/c1-14(17-10-9-16(26-2)11-18(17)27-3)22-23-19(24)12-21-20(25)13-28-15-7-5-4-6-8-15/h4-11H,12-13H2,1-3H3,(H,21,25)(H,23,24)/b22-14+. The average Bonchev–Trinajstić information content (AvgIpc) is 2.74. The Morgan fingerprint density at radius 1 is 0.964 bits per heavy atom. The van der Waals surface area contributed by atoms with Gasteiger partial charge in [0.2, 0.25) is 0 Å². The summed E-state index contributed by atoms with van der Waals surface area (Å²) in [7, 11) is 3.10. The van der Waals surface area contributed by atoms with E-state index < -0.39 is 11.8 Å². The van der Waals surface area contributed by atoms with Gasteiger partial charge in [-0.3, -0.25) is 9.59 Å². The van der Waals surface area contributed by atoms with E-state index in [1.54, 1.807) is 56.5 Å². The van der Waals surface area contributed by atoms with Gasteiger partial charge in [-0.2, -0.15) is 5.10 Å². The van der Waals surface area contributed by atoms with Crippen LogP contribution in [0.4, 0.5) is 0 Å². The lowest BCUT2D eigenvalue weighted by molar-refractivity contribution is -0.127. The predicted molar refractivity (Wildman–Crippen MR) is 105 cm³/mol. The number of para-hydroxylation sites is 1. The molecule has 2 amide bonds. The van der Waals surface area contributed by atoms with Crippen molar-refractivity contribution in [2.24, 2.45) is 5.10 Å². The van der Waals surface area contributed by atoms with Crippen molar-refractivity contribution in [3.63, 3.8) is 0 Å². The summed E-state index contributed by atoms with van der Waals surface area (Å²) in [4.78, 5) is 23.6. The molecule has 0 atom stereocenters. The molecule has 0 heterocycles. The number of amides is 2. The van der Waals surface area contributed by atoms with Crippen LogP contribution in [0.5, 0.6) is 17.2 Å². The van der Waals surface area contributed by atoms with Crippen LogP contribution in [-0.4, -0.2) is 44.9 Å². The van der Waals surface area contributed by atoms with Crippen LogP contribution < -0.4 is 25.0 Å². The summed E-state index contributed by atoms with van der Waals surface area (Å²) in [5.74, 6) is 0.936. The van der Waals surface area contributed by atoms with Gasteiger partial charge in [-0.1, -0.05) is 18.2 Å². The lowest BCUT2D eigenvalue weighted by Gasteiger charge is -2.10. The molecule has 0 fully saturated rings. The van der Waals surface area contributed by atoms with Crippen molar-refractivity contribution >= 4 is 17.5 Å². The fraction of sp³-hybridized carbons (Fsp3) is 0.250. The zero-order chi connectivity index (χ0) is 20.4. The summed E-state index contributed by atoms with van der Waals surface area (Å²) in [6.45, 7) is 1.34. The van der Waals surface area contributed by atoms with Crippen molar-refractivity contribution in [3.8, 4) is 17.2 Å². The summed E-state index contributed by atoms with van der Waals surface area (Å²) in [5, 5.41) is 6.51. The van der Waals surface area contributed by atoms with E-state index >= 15 is 0 Å². The third kappa shape index (κ3) is 6.31. The number of ether oxygens (including phenoxy) is 3. The van der Waals surface area contributed by atoms with E-state index in [1.165, 1.54) is 7.11 Å². The first-order valence-electron chi connectivity index (χ1n) is 8.53. The van der Waals surface area contributed by atoms with Gasteiger partial charge in [-0.25, -0.2) is 5.43 Å². The van der Waals surface area contributed by atoms with Gasteiger partial charge in [0.15, 0.2) is 6.61 Å². The van der Waals surface area contributed by atoms with Crippen molar-refractivity contribution in [1.29, 1.82) is 0 Å². The number of hydrogen-bond acceptors (Lipinski definition) is 6. The van der Waals surface area contributed by atoms with Crippen molar-refractivity contribution < 1.29 is 23.8 Å². The van der Waals surface area contributed by atoms with Crippen molar-refractivity contribution in [2.75, 3.05) is 27.4 Å². The average molecular weight is 385 g/mol. The highest BCUT2D eigenvalue weighted by Gasteiger charge is 2.10. The largest absolute Gasteiger partial charge is 0.497 e. The summed E-state index contributed by atoms with van der Waals surface area (Å²) in [5.41, 5.74) is 3.66. The molecule has 0 aliphatic rings. The molecule has 0 aliphatic carbocycles. The predicted octanol–water partition coefficient (Wildman–Crippen LogP) is 1.74. The smallest absolute Gasteiger partial charge is 0.259 e. The molecule has 0 aliphatic heterocycles. The molecule has 0 unspecified atom stereocenters. The number of nitrogens with one attached hydrogen (secondary N) is 2. The van der Waals surface area contributed by atoms with Gasteiger partial charge in [-0.15, -0.1) is 0 Å². The minimum absolute atomic E-state index is 0.178.